The Bertz CT molecular complexity index is 885. The molecule has 0 spiro atoms. The van der Waals surface area contributed by atoms with Gasteiger partial charge in [-0.05, 0) is 30.5 Å². The van der Waals surface area contributed by atoms with Crippen LogP contribution >= 0.6 is 24.0 Å². The fourth-order valence-corrected chi connectivity index (χ4v) is 3.07. The summed E-state index contributed by atoms with van der Waals surface area (Å²) < 4.78 is 11.2. The number of oxazole rings is 1. The van der Waals surface area contributed by atoms with Crippen molar-refractivity contribution in [1.82, 2.24) is 15.6 Å². The number of anilines is 1. The number of aliphatic imine (C=N–C) groups is 1. The second kappa shape index (κ2) is 11.5. The zero-order chi connectivity index (χ0) is 21.6. The van der Waals surface area contributed by atoms with E-state index in [1.807, 2.05) is 24.3 Å². The molecule has 1 aliphatic rings. The molecule has 3 N–H and O–H groups in total. The van der Waals surface area contributed by atoms with E-state index in [0.717, 1.165) is 29.9 Å². The van der Waals surface area contributed by atoms with Gasteiger partial charge in [-0.25, -0.2) is 4.98 Å². The van der Waals surface area contributed by atoms with Crippen LogP contribution in [0.1, 0.15) is 50.8 Å². The van der Waals surface area contributed by atoms with Crippen LogP contribution in [0.15, 0.2) is 39.9 Å². The lowest BCUT2D eigenvalue weighted by Crippen LogP contribution is -2.36. The summed E-state index contributed by atoms with van der Waals surface area (Å²) in [6.07, 6.45) is 3.13. The van der Waals surface area contributed by atoms with Crippen molar-refractivity contribution in [2.45, 2.75) is 58.2 Å². The fraction of sp³-hybridized carbons (Fsp3) is 0.500. The third-order valence-corrected chi connectivity index (χ3v) is 4.80. The molecule has 1 aromatic carbocycles. The van der Waals surface area contributed by atoms with Crippen molar-refractivity contribution < 1.29 is 13.9 Å². The molecule has 0 aliphatic carbocycles. The van der Waals surface area contributed by atoms with Gasteiger partial charge in [0.25, 0.3) is 5.91 Å². The van der Waals surface area contributed by atoms with E-state index in [1.54, 1.807) is 13.2 Å². The zero-order valence-corrected chi connectivity index (χ0v) is 20.9. The van der Waals surface area contributed by atoms with Gasteiger partial charge in [0.05, 0.1) is 12.7 Å². The highest BCUT2D eigenvalue weighted by Crippen LogP contribution is 2.22. The molecular weight excluding hydrogens is 509 g/mol. The summed E-state index contributed by atoms with van der Waals surface area (Å²) in [7, 11) is 1.71. The van der Waals surface area contributed by atoms with E-state index in [2.05, 4.69) is 46.7 Å². The molecule has 0 bridgehead atoms. The Labute approximate surface area is 200 Å². The van der Waals surface area contributed by atoms with Crippen molar-refractivity contribution in [2.24, 2.45) is 4.99 Å². The molecule has 1 aromatic heterocycles. The van der Waals surface area contributed by atoms with E-state index in [1.165, 1.54) is 0 Å². The largest absolute Gasteiger partial charge is 0.443 e. The van der Waals surface area contributed by atoms with Crippen LogP contribution in [-0.4, -0.2) is 36.6 Å². The van der Waals surface area contributed by atoms with Crippen molar-refractivity contribution >= 4 is 41.5 Å². The van der Waals surface area contributed by atoms with Crippen molar-refractivity contribution in [3.8, 4) is 0 Å². The molecule has 0 saturated carbocycles. The van der Waals surface area contributed by atoms with Gasteiger partial charge in [-0.2, -0.15) is 0 Å². The van der Waals surface area contributed by atoms with Crippen molar-refractivity contribution in [3.63, 3.8) is 0 Å². The standard InChI is InChI=1S/C22H31N5O3.HI/c1-22(2,3)18-13-24-19(30-18)14-26-21(23-4)25-12-15-7-5-8-16(11-15)27-20(28)17-9-6-10-29-17;/h5,7-8,11,13,17H,6,9-10,12,14H2,1-4H3,(H,27,28)(H2,23,25,26);1H. The molecule has 0 radical (unpaired) electrons. The Morgan fingerprint density at radius 1 is 1.26 bits per heavy atom. The predicted octanol–water partition coefficient (Wildman–Crippen LogP) is 3.57. The highest BCUT2D eigenvalue weighted by molar-refractivity contribution is 14.0. The highest BCUT2D eigenvalue weighted by atomic mass is 127. The summed E-state index contributed by atoms with van der Waals surface area (Å²) in [5.41, 5.74) is 1.71. The third-order valence-electron chi connectivity index (χ3n) is 4.80. The van der Waals surface area contributed by atoms with Crippen LogP contribution in [0, 0.1) is 0 Å². The maximum atomic E-state index is 12.2. The summed E-state index contributed by atoms with van der Waals surface area (Å²) >= 11 is 0. The number of amides is 1. The first-order valence-corrected chi connectivity index (χ1v) is 10.3. The Balaban J connectivity index is 0.00000341. The van der Waals surface area contributed by atoms with Gasteiger partial charge >= 0.3 is 0 Å². The SMILES string of the molecule is CN=C(NCc1cccc(NC(=O)C2CCCO2)c1)NCc1ncc(C(C)(C)C)o1.I. The van der Waals surface area contributed by atoms with Crippen LogP contribution in [0.2, 0.25) is 0 Å². The molecule has 1 fully saturated rings. The van der Waals surface area contributed by atoms with E-state index in [9.17, 15) is 4.79 Å². The third kappa shape index (κ3) is 7.49. The molecule has 1 amide bonds. The van der Waals surface area contributed by atoms with E-state index in [4.69, 9.17) is 9.15 Å². The molecule has 8 nitrogen and oxygen atoms in total. The van der Waals surface area contributed by atoms with E-state index >= 15 is 0 Å². The zero-order valence-electron chi connectivity index (χ0n) is 18.5. The number of aromatic nitrogens is 1. The molecule has 1 unspecified atom stereocenters. The number of halogens is 1. The normalized spacial score (nSPS) is 16.5. The van der Waals surface area contributed by atoms with Gasteiger partial charge in [0.2, 0.25) is 5.89 Å². The average Bonchev–Trinajstić information content (AvgIpc) is 3.40. The second-order valence-electron chi connectivity index (χ2n) is 8.34. The minimum atomic E-state index is -0.344. The fourth-order valence-electron chi connectivity index (χ4n) is 3.07. The van der Waals surface area contributed by atoms with E-state index in [0.29, 0.717) is 31.5 Å². The summed E-state index contributed by atoms with van der Waals surface area (Å²) in [6, 6.07) is 7.72. The smallest absolute Gasteiger partial charge is 0.253 e. The van der Waals surface area contributed by atoms with Gasteiger partial charge < -0.3 is 25.1 Å². The van der Waals surface area contributed by atoms with Gasteiger partial charge in [-0.15, -0.1) is 24.0 Å². The number of nitrogens with one attached hydrogen (secondary N) is 3. The Morgan fingerprint density at radius 2 is 2.03 bits per heavy atom. The second-order valence-corrected chi connectivity index (χ2v) is 8.34. The number of carbonyl (C=O) groups excluding carboxylic acids is 1. The Kier molecular flexibility index (Phi) is 9.30. The molecule has 2 heterocycles. The molecule has 9 heteroatoms. The number of nitrogens with zero attached hydrogens (tertiary/aromatic N) is 2. The van der Waals surface area contributed by atoms with Gasteiger partial charge in [0.1, 0.15) is 11.9 Å². The van der Waals surface area contributed by atoms with Crippen molar-refractivity contribution in [2.75, 3.05) is 19.0 Å². The highest BCUT2D eigenvalue weighted by Gasteiger charge is 2.23. The van der Waals surface area contributed by atoms with E-state index < -0.39 is 0 Å². The number of rotatable bonds is 6. The van der Waals surface area contributed by atoms with Crippen LogP contribution < -0.4 is 16.0 Å². The Morgan fingerprint density at radius 3 is 2.68 bits per heavy atom. The molecule has 2 aromatic rings. The summed E-state index contributed by atoms with van der Waals surface area (Å²) in [4.78, 5) is 20.8. The number of guanidine groups is 1. The number of hydrogen-bond donors (Lipinski definition) is 3. The van der Waals surface area contributed by atoms with E-state index in [-0.39, 0.29) is 41.4 Å². The minimum Gasteiger partial charge on any atom is -0.443 e. The van der Waals surface area contributed by atoms with Crippen molar-refractivity contribution in [1.29, 1.82) is 0 Å². The molecule has 1 saturated heterocycles. The number of carbonyl (C=O) groups is 1. The number of hydrogen-bond acceptors (Lipinski definition) is 5. The summed E-state index contributed by atoms with van der Waals surface area (Å²) in [5.74, 6) is 2.01. The molecule has 1 atom stereocenters. The molecule has 1 aliphatic heterocycles. The lowest BCUT2D eigenvalue weighted by molar-refractivity contribution is -0.124. The quantitative estimate of drug-likeness (QED) is 0.294. The first-order chi connectivity index (χ1) is 14.3. The molecule has 170 valence electrons. The lowest BCUT2D eigenvalue weighted by Gasteiger charge is -2.14. The van der Waals surface area contributed by atoms with Crippen LogP contribution in [-0.2, 0) is 28.0 Å². The first kappa shape index (κ1) is 25.1. The first-order valence-electron chi connectivity index (χ1n) is 10.3. The Hall–Kier alpha value is -2.14. The maximum Gasteiger partial charge on any atom is 0.253 e. The van der Waals surface area contributed by atoms with Gasteiger partial charge in [0, 0.05) is 31.3 Å². The van der Waals surface area contributed by atoms with Gasteiger partial charge in [-0.1, -0.05) is 32.9 Å². The summed E-state index contributed by atoms with van der Waals surface area (Å²) in [6.45, 7) is 7.90. The minimum absolute atomic E-state index is 0. The van der Waals surface area contributed by atoms with Crippen LogP contribution in [0.3, 0.4) is 0 Å². The number of ether oxygens (including phenoxy) is 1. The molecule has 3 rings (SSSR count). The summed E-state index contributed by atoms with van der Waals surface area (Å²) in [5, 5.41) is 9.39. The van der Waals surface area contributed by atoms with Crippen LogP contribution in [0.5, 0.6) is 0 Å². The van der Waals surface area contributed by atoms with Gasteiger partial charge in [-0.3, -0.25) is 9.79 Å². The predicted molar refractivity (Wildman–Crippen MR) is 132 cm³/mol. The topological polar surface area (TPSA) is 101 Å². The average molecular weight is 541 g/mol. The van der Waals surface area contributed by atoms with Crippen LogP contribution in [0.4, 0.5) is 5.69 Å². The van der Waals surface area contributed by atoms with Crippen molar-refractivity contribution in [3.05, 3.63) is 47.7 Å². The number of benzene rings is 1. The molecular formula is C22H32IN5O3. The molecule has 31 heavy (non-hydrogen) atoms. The van der Waals surface area contributed by atoms with Gasteiger partial charge in [0.15, 0.2) is 5.96 Å². The lowest BCUT2D eigenvalue weighted by atomic mass is 9.94. The monoisotopic (exact) mass is 541 g/mol. The maximum absolute atomic E-state index is 12.2. The van der Waals surface area contributed by atoms with Crippen LogP contribution in [0.25, 0.3) is 0 Å².